The molecular weight excluding hydrogens is 252 g/mol. The molecule has 0 unspecified atom stereocenters. The van der Waals surface area contributed by atoms with E-state index in [0.717, 1.165) is 0 Å². The lowest BCUT2D eigenvalue weighted by Gasteiger charge is -2.13. The van der Waals surface area contributed by atoms with Crippen LogP contribution >= 0.6 is 0 Å². The molecule has 0 aliphatic rings. The molecular formula is C11H20N4O2S. The average molecular weight is 272 g/mol. The molecule has 2 N–H and O–H groups in total. The van der Waals surface area contributed by atoms with Crippen LogP contribution in [-0.4, -0.2) is 52.0 Å². The number of hydrogen-bond donors (Lipinski definition) is 2. The van der Waals surface area contributed by atoms with Gasteiger partial charge in [-0.2, -0.15) is 0 Å². The maximum Gasteiger partial charge on any atom is 0.244 e. The second-order valence-electron chi connectivity index (χ2n) is 4.10. The number of aromatic nitrogens is 1. The molecule has 18 heavy (non-hydrogen) atoms. The molecule has 0 saturated carbocycles. The van der Waals surface area contributed by atoms with E-state index in [4.69, 9.17) is 0 Å². The molecule has 0 atom stereocenters. The van der Waals surface area contributed by atoms with Gasteiger partial charge in [-0.3, -0.25) is 4.98 Å². The van der Waals surface area contributed by atoms with E-state index in [1.807, 2.05) is 25.9 Å². The van der Waals surface area contributed by atoms with Gasteiger partial charge >= 0.3 is 0 Å². The van der Waals surface area contributed by atoms with Crippen LogP contribution in [0.15, 0.2) is 23.4 Å². The molecule has 1 heterocycles. The van der Waals surface area contributed by atoms with Gasteiger partial charge in [0.15, 0.2) is 0 Å². The Morgan fingerprint density at radius 2 is 2.11 bits per heavy atom. The van der Waals surface area contributed by atoms with Crippen LogP contribution in [0.4, 0.5) is 5.69 Å². The Kier molecular flexibility index (Phi) is 5.52. The summed E-state index contributed by atoms with van der Waals surface area (Å²) in [5.74, 6) is 0. The number of nitrogens with one attached hydrogen (secondary N) is 2. The van der Waals surface area contributed by atoms with Crippen molar-refractivity contribution >= 4 is 15.7 Å². The fraction of sp³-hybridized carbons (Fsp3) is 0.545. The quantitative estimate of drug-likeness (QED) is 0.749. The highest BCUT2D eigenvalue weighted by Crippen LogP contribution is 2.18. The maximum atomic E-state index is 12.1. The number of nitrogens with zero attached hydrogens (tertiary/aromatic N) is 2. The first kappa shape index (κ1) is 14.9. The summed E-state index contributed by atoms with van der Waals surface area (Å²) in [6, 6.07) is 1.66. The molecule has 0 saturated heterocycles. The van der Waals surface area contributed by atoms with Crippen molar-refractivity contribution in [1.82, 2.24) is 14.6 Å². The number of sulfonamides is 1. The minimum Gasteiger partial charge on any atom is -0.384 e. The van der Waals surface area contributed by atoms with Crippen LogP contribution in [0.3, 0.4) is 0 Å². The smallest absolute Gasteiger partial charge is 0.244 e. The SMILES string of the molecule is CCNc1ccncc1S(=O)(=O)NCCN(C)C. The van der Waals surface area contributed by atoms with Crippen LogP contribution in [0.25, 0.3) is 0 Å². The molecule has 0 radical (unpaired) electrons. The average Bonchev–Trinajstić information content (AvgIpc) is 2.29. The van der Waals surface area contributed by atoms with E-state index in [2.05, 4.69) is 15.0 Å². The number of rotatable bonds is 7. The molecule has 0 aliphatic heterocycles. The minimum absolute atomic E-state index is 0.186. The Balaban J connectivity index is 2.84. The van der Waals surface area contributed by atoms with Gasteiger partial charge < -0.3 is 10.2 Å². The molecule has 1 rings (SSSR count). The van der Waals surface area contributed by atoms with Crippen molar-refractivity contribution in [2.24, 2.45) is 0 Å². The van der Waals surface area contributed by atoms with E-state index in [1.165, 1.54) is 6.20 Å². The summed E-state index contributed by atoms with van der Waals surface area (Å²) in [5.41, 5.74) is 0.574. The van der Waals surface area contributed by atoms with E-state index < -0.39 is 10.0 Å². The van der Waals surface area contributed by atoms with Crippen molar-refractivity contribution in [3.05, 3.63) is 18.5 Å². The largest absolute Gasteiger partial charge is 0.384 e. The van der Waals surface area contributed by atoms with Gasteiger partial charge in [0.25, 0.3) is 0 Å². The fourth-order valence-electron chi connectivity index (χ4n) is 1.41. The Hall–Kier alpha value is -1.18. The van der Waals surface area contributed by atoms with E-state index in [0.29, 0.717) is 25.3 Å². The monoisotopic (exact) mass is 272 g/mol. The number of anilines is 1. The zero-order chi connectivity index (χ0) is 13.6. The second kappa shape index (κ2) is 6.67. The minimum atomic E-state index is -3.51. The van der Waals surface area contributed by atoms with Gasteiger partial charge in [0.05, 0.1) is 5.69 Å². The van der Waals surface area contributed by atoms with Gasteiger partial charge in [-0.25, -0.2) is 13.1 Å². The zero-order valence-electron chi connectivity index (χ0n) is 11.0. The first-order valence-electron chi connectivity index (χ1n) is 5.79. The Morgan fingerprint density at radius 3 is 2.72 bits per heavy atom. The van der Waals surface area contributed by atoms with Gasteiger partial charge in [-0.1, -0.05) is 0 Å². The first-order chi connectivity index (χ1) is 8.47. The van der Waals surface area contributed by atoms with Gasteiger partial charge in [0, 0.05) is 32.0 Å². The standard InChI is InChI=1S/C11H20N4O2S/c1-4-13-10-5-6-12-9-11(10)18(16,17)14-7-8-15(2)3/h5-6,9,14H,4,7-8H2,1-3H3,(H,12,13). The van der Waals surface area contributed by atoms with Crippen molar-refractivity contribution in [2.45, 2.75) is 11.8 Å². The summed E-state index contributed by atoms with van der Waals surface area (Å²) < 4.78 is 26.8. The molecule has 1 aromatic rings. The van der Waals surface area contributed by atoms with Crippen molar-refractivity contribution in [1.29, 1.82) is 0 Å². The summed E-state index contributed by atoms with van der Waals surface area (Å²) in [5, 5.41) is 3.01. The third-order valence-corrected chi connectivity index (χ3v) is 3.78. The summed E-state index contributed by atoms with van der Waals surface area (Å²) in [6.07, 6.45) is 2.92. The lowest BCUT2D eigenvalue weighted by atomic mass is 10.4. The molecule has 1 aromatic heterocycles. The predicted octanol–water partition coefficient (Wildman–Crippen LogP) is 0.353. The highest BCUT2D eigenvalue weighted by molar-refractivity contribution is 7.89. The van der Waals surface area contributed by atoms with Crippen molar-refractivity contribution < 1.29 is 8.42 Å². The van der Waals surface area contributed by atoms with E-state index in [1.54, 1.807) is 12.3 Å². The topological polar surface area (TPSA) is 74.3 Å². The van der Waals surface area contributed by atoms with Gasteiger partial charge in [-0.15, -0.1) is 0 Å². The summed E-state index contributed by atoms with van der Waals surface area (Å²) in [6.45, 7) is 3.59. The van der Waals surface area contributed by atoms with Crippen LogP contribution in [0.5, 0.6) is 0 Å². The summed E-state index contributed by atoms with van der Waals surface area (Å²) in [4.78, 5) is 5.97. The second-order valence-corrected chi connectivity index (χ2v) is 5.84. The Bertz CT molecular complexity index is 474. The Labute approximate surface area is 108 Å². The molecule has 0 aromatic carbocycles. The molecule has 0 bridgehead atoms. The number of hydrogen-bond acceptors (Lipinski definition) is 5. The van der Waals surface area contributed by atoms with Crippen molar-refractivity contribution in [2.75, 3.05) is 39.0 Å². The summed E-state index contributed by atoms with van der Waals surface area (Å²) >= 11 is 0. The molecule has 7 heteroatoms. The van der Waals surface area contributed by atoms with Crippen LogP contribution < -0.4 is 10.0 Å². The predicted molar refractivity (Wildman–Crippen MR) is 72.1 cm³/mol. The summed E-state index contributed by atoms with van der Waals surface area (Å²) in [7, 11) is 0.272. The lowest BCUT2D eigenvalue weighted by Crippen LogP contribution is -2.31. The van der Waals surface area contributed by atoms with E-state index in [9.17, 15) is 8.42 Å². The zero-order valence-corrected chi connectivity index (χ0v) is 11.8. The van der Waals surface area contributed by atoms with Crippen LogP contribution in [0, 0.1) is 0 Å². The third kappa shape index (κ3) is 4.25. The van der Waals surface area contributed by atoms with Crippen LogP contribution in [-0.2, 0) is 10.0 Å². The highest BCUT2D eigenvalue weighted by Gasteiger charge is 2.17. The molecule has 6 nitrogen and oxygen atoms in total. The van der Waals surface area contributed by atoms with Gasteiger partial charge in [0.1, 0.15) is 4.90 Å². The fourth-order valence-corrected chi connectivity index (χ4v) is 2.56. The van der Waals surface area contributed by atoms with E-state index in [-0.39, 0.29) is 4.90 Å². The van der Waals surface area contributed by atoms with Gasteiger partial charge in [0.2, 0.25) is 10.0 Å². The third-order valence-electron chi connectivity index (χ3n) is 2.29. The molecule has 0 fully saturated rings. The van der Waals surface area contributed by atoms with Crippen LogP contribution in [0.1, 0.15) is 6.92 Å². The van der Waals surface area contributed by atoms with E-state index >= 15 is 0 Å². The normalized spacial score (nSPS) is 11.8. The number of likely N-dealkylation sites (N-methyl/N-ethyl adjacent to an activating group) is 1. The molecule has 0 aliphatic carbocycles. The molecule has 0 amide bonds. The molecule has 102 valence electrons. The highest BCUT2D eigenvalue weighted by atomic mass is 32.2. The molecule has 0 spiro atoms. The maximum absolute atomic E-state index is 12.1. The number of pyridine rings is 1. The Morgan fingerprint density at radius 1 is 1.39 bits per heavy atom. The van der Waals surface area contributed by atoms with Crippen molar-refractivity contribution in [3.8, 4) is 0 Å². The van der Waals surface area contributed by atoms with Crippen LogP contribution in [0.2, 0.25) is 0 Å². The van der Waals surface area contributed by atoms with Gasteiger partial charge in [-0.05, 0) is 27.1 Å². The lowest BCUT2D eigenvalue weighted by molar-refractivity contribution is 0.412. The first-order valence-corrected chi connectivity index (χ1v) is 7.28. The van der Waals surface area contributed by atoms with Crippen molar-refractivity contribution in [3.63, 3.8) is 0 Å².